The van der Waals surface area contributed by atoms with Gasteiger partial charge in [0, 0.05) is 6.04 Å². The van der Waals surface area contributed by atoms with Gasteiger partial charge < -0.3 is 10.4 Å². The van der Waals surface area contributed by atoms with E-state index in [1.165, 1.54) is 0 Å². The molecule has 1 atom stereocenters. The van der Waals surface area contributed by atoms with E-state index in [-0.39, 0.29) is 11.5 Å². The minimum absolute atomic E-state index is 0.0284. The maximum absolute atomic E-state index is 11.0. The van der Waals surface area contributed by atoms with Gasteiger partial charge in [0.25, 0.3) is 0 Å². The summed E-state index contributed by atoms with van der Waals surface area (Å²) in [6, 6.07) is -0.0284. The number of rotatable bonds is 3. The lowest BCUT2D eigenvalue weighted by Crippen LogP contribution is -2.42. The first-order valence-corrected chi connectivity index (χ1v) is 4.24. The van der Waals surface area contributed by atoms with Crippen LogP contribution in [0.15, 0.2) is 0 Å². The molecule has 76 valence electrons. The van der Waals surface area contributed by atoms with Crippen LogP contribution in [-0.4, -0.2) is 23.0 Å². The molecule has 4 heteroatoms. The van der Waals surface area contributed by atoms with Crippen molar-refractivity contribution in [2.24, 2.45) is 5.41 Å². The van der Waals surface area contributed by atoms with E-state index in [0.29, 0.717) is 0 Å². The summed E-state index contributed by atoms with van der Waals surface area (Å²) < 4.78 is 0. The van der Waals surface area contributed by atoms with E-state index < -0.39 is 18.3 Å². The van der Waals surface area contributed by atoms with Crippen LogP contribution in [0, 0.1) is 5.41 Å². The largest absolute Gasteiger partial charge is 0.481 e. The van der Waals surface area contributed by atoms with E-state index in [0.717, 1.165) is 0 Å². The average molecular weight is 187 g/mol. The van der Waals surface area contributed by atoms with Gasteiger partial charge in [-0.05, 0) is 12.3 Å². The number of aliphatic carboxylic acids is 1. The maximum Gasteiger partial charge on any atom is 0.312 e. The SMILES string of the molecule is CC(NC(=O)CC(=O)O)C(C)(C)C. The molecule has 13 heavy (non-hydrogen) atoms. The smallest absolute Gasteiger partial charge is 0.312 e. The molecular formula is C9H17NO3. The number of carbonyl (C=O) groups is 2. The highest BCUT2D eigenvalue weighted by atomic mass is 16.4. The zero-order chi connectivity index (χ0) is 10.6. The molecule has 0 saturated carbocycles. The molecule has 0 aromatic carbocycles. The summed E-state index contributed by atoms with van der Waals surface area (Å²) in [4.78, 5) is 21.2. The maximum atomic E-state index is 11.0. The fraction of sp³-hybridized carbons (Fsp3) is 0.778. The molecule has 0 rings (SSSR count). The highest BCUT2D eigenvalue weighted by Crippen LogP contribution is 2.18. The Balaban J connectivity index is 4.00. The fourth-order valence-electron chi connectivity index (χ4n) is 0.646. The summed E-state index contributed by atoms with van der Waals surface area (Å²) >= 11 is 0. The number of carbonyl (C=O) groups excluding carboxylic acids is 1. The van der Waals surface area contributed by atoms with Gasteiger partial charge in [-0.2, -0.15) is 0 Å². The van der Waals surface area contributed by atoms with E-state index in [1.54, 1.807) is 0 Å². The Morgan fingerprint density at radius 3 is 2.15 bits per heavy atom. The van der Waals surface area contributed by atoms with Gasteiger partial charge in [-0.15, -0.1) is 0 Å². The van der Waals surface area contributed by atoms with Gasteiger partial charge >= 0.3 is 5.97 Å². The van der Waals surface area contributed by atoms with Crippen molar-refractivity contribution >= 4 is 11.9 Å². The van der Waals surface area contributed by atoms with Gasteiger partial charge in [0.05, 0.1) is 0 Å². The van der Waals surface area contributed by atoms with Crippen molar-refractivity contribution in [3.05, 3.63) is 0 Å². The van der Waals surface area contributed by atoms with Crippen LogP contribution in [0.25, 0.3) is 0 Å². The average Bonchev–Trinajstić information content (AvgIpc) is 1.82. The second-order valence-corrected chi connectivity index (χ2v) is 4.23. The van der Waals surface area contributed by atoms with Gasteiger partial charge in [0.2, 0.25) is 5.91 Å². The topological polar surface area (TPSA) is 66.4 Å². The lowest BCUT2D eigenvalue weighted by atomic mass is 9.88. The monoisotopic (exact) mass is 187 g/mol. The zero-order valence-electron chi connectivity index (χ0n) is 8.55. The molecule has 0 aliphatic carbocycles. The third kappa shape index (κ3) is 5.22. The number of nitrogens with one attached hydrogen (secondary N) is 1. The molecule has 0 saturated heterocycles. The van der Waals surface area contributed by atoms with E-state index in [9.17, 15) is 9.59 Å². The summed E-state index contributed by atoms with van der Waals surface area (Å²) in [5, 5.41) is 11.0. The first kappa shape index (κ1) is 11.9. The van der Waals surface area contributed by atoms with Crippen LogP contribution in [0.5, 0.6) is 0 Å². The van der Waals surface area contributed by atoms with E-state index in [4.69, 9.17) is 5.11 Å². The number of carboxylic acid groups (broad SMARTS) is 1. The molecule has 1 amide bonds. The summed E-state index contributed by atoms with van der Waals surface area (Å²) in [5.41, 5.74) is -0.0475. The molecule has 0 spiro atoms. The van der Waals surface area contributed by atoms with E-state index in [1.807, 2.05) is 27.7 Å². The van der Waals surface area contributed by atoms with Crippen molar-refractivity contribution in [3.8, 4) is 0 Å². The minimum atomic E-state index is -1.10. The molecule has 0 aliphatic rings. The quantitative estimate of drug-likeness (QED) is 0.648. The van der Waals surface area contributed by atoms with Crippen molar-refractivity contribution in [3.63, 3.8) is 0 Å². The van der Waals surface area contributed by atoms with Crippen LogP contribution in [0.2, 0.25) is 0 Å². The molecule has 0 bridgehead atoms. The molecule has 0 radical (unpaired) electrons. The molecule has 2 N–H and O–H groups in total. The predicted molar refractivity (Wildman–Crippen MR) is 49.3 cm³/mol. The molecule has 0 heterocycles. The van der Waals surface area contributed by atoms with Gasteiger partial charge in [-0.1, -0.05) is 20.8 Å². The molecule has 0 aromatic heterocycles. The van der Waals surface area contributed by atoms with Crippen LogP contribution in [-0.2, 0) is 9.59 Å². The Bertz CT molecular complexity index is 205. The highest BCUT2D eigenvalue weighted by Gasteiger charge is 2.22. The number of hydrogen-bond donors (Lipinski definition) is 2. The van der Waals surface area contributed by atoms with Crippen LogP contribution in [0.4, 0.5) is 0 Å². The normalized spacial score (nSPS) is 13.5. The second-order valence-electron chi connectivity index (χ2n) is 4.23. The number of carboxylic acids is 1. The predicted octanol–water partition coefficient (Wildman–Crippen LogP) is 1.01. The van der Waals surface area contributed by atoms with Crippen molar-refractivity contribution < 1.29 is 14.7 Å². The molecule has 0 aliphatic heterocycles. The Labute approximate surface area is 78.3 Å². The standard InChI is InChI=1S/C9H17NO3/c1-6(9(2,3)4)10-7(11)5-8(12)13/h6H,5H2,1-4H3,(H,10,11)(H,12,13). The van der Waals surface area contributed by atoms with Gasteiger partial charge in [0.15, 0.2) is 0 Å². The van der Waals surface area contributed by atoms with Crippen LogP contribution in [0.3, 0.4) is 0 Å². The van der Waals surface area contributed by atoms with Crippen molar-refractivity contribution in [2.75, 3.05) is 0 Å². The summed E-state index contributed by atoms with van der Waals surface area (Å²) in [7, 11) is 0. The number of hydrogen-bond acceptors (Lipinski definition) is 2. The van der Waals surface area contributed by atoms with Crippen molar-refractivity contribution in [1.82, 2.24) is 5.32 Å². The Morgan fingerprint density at radius 2 is 1.85 bits per heavy atom. The first-order valence-electron chi connectivity index (χ1n) is 4.24. The molecule has 0 fully saturated rings. The third-order valence-electron chi connectivity index (χ3n) is 1.99. The summed E-state index contributed by atoms with van der Waals surface area (Å²) in [6.45, 7) is 7.82. The fourth-order valence-corrected chi connectivity index (χ4v) is 0.646. The molecule has 4 nitrogen and oxygen atoms in total. The minimum Gasteiger partial charge on any atom is -0.481 e. The molecule has 0 aromatic rings. The van der Waals surface area contributed by atoms with Crippen molar-refractivity contribution in [1.29, 1.82) is 0 Å². The third-order valence-corrected chi connectivity index (χ3v) is 1.99. The van der Waals surface area contributed by atoms with Crippen LogP contribution in [0.1, 0.15) is 34.1 Å². The van der Waals surface area contributed by atoms with Gasteiger partial charge in [-0.25, -0.2) is 0 Å². The van der Waals surface area contributed by atoms with E-state index in [2.05, 4.69) is 5.32 Å². The first-order chi connectivity index (χ1) is 5.73. The van der Waals surface area contributed by atoms with Gasteiger partial charge in [-0.3, -0.25) is 9.59 Å². The Kier molecular flexibility index (Phi) is 3.91. The van der Waals surface area contributed by atoms with Crippen LogP contribution < -0.4 is 5.32 Å². The van der Waals surface area contributed by atoms with Gasteiger partial charge in [0.1, 0.15) is 6.42 Å². The second kappa shape index (κ2) is 4.25. The van der Waals surface area contributed by atoms with Crippen molar-refractivity contribution in [2.45, 2.75) is 40.2 Å². The lowest BCUT2D eigenvalue weighted by molar-refractivity contribution is -0.141. The molecular weight excluding hydrogens is 170 g/mol. The Morgan fingerprint density at radius 1 is 1.38 bits per heavy atom. The zero-order valence-corrected chi connectivity index (χ0v) is 8.55. The molecule has 1 unspecified atom stereocenters. The lowest BCUT2D eigenvalue weighted by Gasteiger charge is -2.27. The van der Waals surface area contributed by atoms with Crippen LogP contribution >= 0.6 is 0 Å². The highest BCUT2D eigenvalue weighted by molar-refractivity contribution is 5.93. The summed E-state index contributed by atoms with van der Waals surface area (Å²) in [5.74, 6) is -1.53. The van der Waals surface area contributed by atoms with E-state index >= 15 is 0 Å². The summed E-state index contributed by atoms with van der Waals surface area (Å²) in [6.07, 6.45) is -0.458. The Hall–Kier alpha value is -1.06. The number of amides is 1.